The fourth-order valence-corrected chi connectivity index (χ4v) is 4.17. The van der Waals surface area contributed by atoms with Crippen molar-refractivity contribution in [2.75, 3.05) is 5.32 Å². The molecule has 0 saturated carbocycles. The van der Waals surface area contributed by atoms with Crippen molar-refractivity contribution in [1.29, 1.82) is 0 Å². The van der Waals surface area contributed by atoms with Crippen molar-refractivity contribution in [1.82, 2.24) is 4.72 Å². The second kappa shape index (κ2) is 9.50. The van der Waals surface area contributed by atoms with E-state index in [0.717, 1.165) is 12.1 Å². The lowest BCUT2D eigenvalue weighted by molar-refractivity contribution is -0.117. The molecule has 0 saturated heterocycles. The molecule has 0 aliphatic rings. The molecule has 0 spiro atoms. The first-order valence-electron chi connectivity index (χ1n) is 9.28. The zero-order chi connectivity index (χ0) is 22.4. The summed E-state index contributed by atoms with van der Waals surface area (Å²) in [5, 5.41) is 2.61. The van der Waals surface area contributed by atoms with Crippen LogP contribution in [0.25, 0.3) is 0 Å². The van der Waals surface area contributed by atoms with Gasteiger partial charge in [-0.2, -0.15) is 4.72 Å². The van der Waals surface area contributed by atoms with Gasteiger partial charge in [0.15, 0.2) is 0 Å². The normalized spacial score (nSPS) is 12.2. The summed E-state index contributed by atoms with van der Waals surface area (Å²) < 4.78 is 41.8. The highest BCUT2D eigenvalue weighted by molar-refractivity contribution is 7.89. The average molecular weight is 441 g/mol. The maximum absolute atomic E-state index is 14.1. The minimum absolute atomic E-state index is 0.0414. The number of sulfonamides is 1. The van der Waals surface area contributed by atoms with Crippen molar-refractivity contribution in [3.05, 3.63) is 95.8 Å². The molecule has 31 heavy (non-hydrogen) atoms. The number of primary amides is 1. The highest BCUT2D eigenvalue weighted by Gasteiger charge is 2.28. The Hall–Kier alpha value is -3.56. The number of nitrogens with one attached hydrogen (secondary N) is 2. The van der Waals surface area contributed by atoms with Crippen molar-refractivity contribution in [3.63, 3.8) is 0 Å². The van der Waals surface area contributed by atoms with Crippen LogP contribution in [0.2, 0.25) is 0 Å². The molecule has 4 N–H and O–H groups in total. The molecule has 160 valence electrons. The molecule has 0 radical (unpaired) electrons. The van der Waals surface area contributed by atoms with Gasteiger partial charge in [0.05, 0.1) is 0 Å². The van der Waals surface area contributed by atoms with E-state index in [-0.39, 0.29) is 12.0 Å². The summed E-state index contributed by atoms with van der Waals surface area (Å²) in [6, 6.07) is 18.3. The number of nitrogens with two attached hydrogens (primary N) is 1. The molecule has 2 amide bonds. The highest BCUT2D eigenvalue weighted by atomic mass is 32.2. The number of carbonyl (C=O) groups excluding carboxylic acids is 2. The van der Waals surface area contributed by atoms with Crippen molar-refractivity contribution >= 4 is 27.5 Å². The van der Waals surface area contributed by atoms with Gasteiger partial charge in [-0.05, 0) is 48.4 Å². The first kappa shape index (κ1) is 22.1. The molecule has 0 aliphatic carbocycles. The quantitative estimate of drug-likeness (QED) is 0.498. The third-order valence-electron chi connectivity index (χ3n) is 4.46. The molecule has 0 heterocycles. The molecule has 9 heteroatoms. The van der Waals surface area contributed by atoms with Gasteiger partial charge >= 0.3 is 0 Å². The van der Waals surface area contributed by atoms with E-state index in [1.165, 1.54) is 36.4 Å². The first-order valence-corrected chi connectivity index (χ1v) is 10.8. The van der Waals surface area contributed by atoms with Gasteiger partial charge in [0.25, 0.3) is 0 Å². The average Bonchev–Trinajstić information content (AvgIpc) is 2.74. The molecule has 1 unspecified atom stereocenters. The lowest BCUT2D eigenvalue weighted by atomic mass is 10.1. The van der Waals surface area contributed by atoms with Gasteiger partial charge in [0, 0.05) is 11.3 Å². The van der Waals surface area contributed by atoms with E-state index in [2.05, 4.69) is 10.0 Å². The summed E-state index contributed by atoms with van der Waals surface area (Å²) in [7, 11) is -4.31. The Morgan fingerprint density at radius 2 is 1.52 bits per heavy atom. The number of anilines is 1. The van der Waals surface area contributed by atoms with E-state index in [9.17, 15) is 22.4 Å². The zero-order valence-corrected chi connectivity index (χ0v) is 17.1. The molecular weight excluding hydrogens is 421 g/mol. The minimum atomic E-state index is -4.31. The lowest BCUT2D eigenvalue weighted by Crippen LogP contribution is -2.45. The third kappa shape index (κ3) is 5.74. The van der Waals surface area contributed by atoms with Crippen LogP contribution in [0.3, 0.4) is 0 Å². The molecule has 3 aromatic carbocycles. The van der Waals surface area contributed by atoms with Crippen LogP contribution in [0.15, 0.2) is 83.8 Å². The number of carbonyl (C=O) groups is 2. The lowest BCUT2D eigenvalue weighted by Gasteiger charge is -2.19. The summed E-state index contributed by atoms with van der Waals surface area (Å²) >= 11 is 0. The van der Waals surface area contributed by atoms with Gasteiger partial charge in [-0.3, -0.25) is 9.59 Å². The summed E-state index contributed by atoms with van der Waals surface area (Å²) in [6.45, 7) is 0. The third-order valence-corrected chi connectivity index (χ3v) is 5.96. The van der Waals surface area contributed by atoms with E-state index in [4.69, 9.17) is 5.73 Å². The van der Waals surface area contributed by atoms with Gasteiger partial charge in [0.1, 0.15) is 16.8 Å². The molecule has 7 nitrogen and oxygen atoms in total. The highest BCUT2D eigenvalue weighted by Crippen LogP contribution is 2.16. The molecule has 1 atom stereocenters. The summed E-state index contributed by atoms with van der Waals surface area (Å²) in [6.07, 6.45) is 0.0414. The van der Waals surface area contributed by atoms with Crippen LogP contribution in [0, 0.1) is 5.82 Å². The van der Waals surface area contributed by atoms with E-state index in [0.29, 0.717) is 11.3 Å². The number of hydrogen-bond donors (Lipinski definition) is 3. The largest absolute Gasteiger partial charge is 0.366 e. The number of rotatable bonds is 8. The Labute approximate surface area is 179 Å². The zero-order valence-electron chi connectivity index (χ0n) is 16.3. The topological polar surface area (TPSA) is 118 Å². The maximum Gasteiger partial charge on any atom is 0.248 e. The van der Waals surface area contributed by atoms with Gasteiger partial charge < -0.3 is 11.1 Å². The Morgan fingerprint density at radius 3 is 2.13 bits per heavy atom. The van der Waals surface area contributed by atoms with Crippen LogP contribution in [0.4, 0.5) is 10.1 Å². The minimum Gasteiger partial charge on any atom is -0.366 e. The van der Waals surface area contributed by atoms with E-state index in [1.54, 1.807) is 30.3 Å². The van der Waals surface area contributed by atoms with Gasteiger partial charge in [-0.1, -0.05) is 42.5 Å². The smallest absolute Gasteiger partial charge is 0.248 e. The monoisotopic (exact) mass is 441 g/mol. The molecule has 3 aromatic rings. The second-order valence-electron chi connectivity index (χ2n) is 6.72. The van der Waals surface area contributed by atoms with Gasteiger partial charge in [0.2, 0.25) is 21.8 Å². The van der Waals surface area contributed by atoms with Gasteiger partial charge in [-0.25, -0.2) is 12.8 Å². The first-order chi connectivity index (χ1) is 14.8. The Balaban J connectivity index is 1.86. The standard InChI is InChI=1S/C22H20FN3O4S/c23-18-8-4-5-9-20(18)31(29,30)26-19(14-15-6-2-1-3-7-15)22(28)25-17-12-10-16(11-13-17)21(24)27/h1-13,19,26H,14H2,(H2,24,27)(H,25,28). The predicted molar refractivity (Wildman–Crippen MR) is 114 cm³/mol. The van der Waals surface area contributed by atoms with Crippen LogP contribution in [-0.2, 0) is 21.2 Å². The van der Waals surface area contributed by atoms with Crippen LogP contribution in [0.1, 0.15) is 15.9 Å². The summed E-state index contributed by atoms with van der Waals surface area (Å²) in [4.78, 5) is 23.5. The number of halogens is 1. The van der Waals surface area contributed by atoms with Crippen LogP contribution >= 0.6 is 0 Å². The summed E-state index contributed by atoms with van der Waals surface area (Å²) in [5.74, 6) is -2.18. The van der Waals surface area contributed by atoms with Crippen molar-refractivity contribution in [2.45, 2.75) is 17.4 Å². The van der Waals surface area contributed by atoms with E-state index >= 15 is 0 Å². The van der Waals surface area contributed by atoms with Crippen molar-refractivity contribution < 1.29 is 22.4 Å². The van der Waals surface area contributed by atoms with Crippen molar-refractivity contribution in [3.8, 4) is 0 Å². The second-order valence-corrected chi connectivity index (χ2v) is 8.41. The van der Waals surface area contributed by atoms with Crippen LogP contribution < -0.4 is 15.8 Å². The van der Waals surface area contributed by atoms with Crippen LogP contribution in [-0.4, -0.2) is 26.3 Å². The van der Waals surface area contributed by atoms with Gasteiger partial charge in [-0.15, -0.1) is 0 Å². The Bertz CT molecular complexity index is 1180. The van der Waals surface area contributed by atoms with Crippen LogP contribution in [0.5, 0.6) is 0 Å². The van der Waals surface area contributed by atoms with E-state index in [1.807, 2.05) is 0 Å². The predicted octanol–water partition coefficient (Wildman–Crippen LogP) is 2.45. The molecule has 0 aliphatic heterocycles. The summed E-state index contributed by atoms with van der Waals surface area (Å²) in [5.41, 5.74) is 6.52. The Kier molecular flexibility index (Phi) is 6.78. The Morgan fingerprint density at radius 1 is 0.903 bits per heavy atom. The fraction of sp³-hybridized carbons (Fsp3) is 0.0909. The molecule has 0 fully saturated rings. The maximum atomic E-state index is 14.1. The number of hydrogen-bond acceptors (Lipinski definition) is 4. The fourth-order valence-electron chi connectivity index (χ4n) is 2.90. The molecular formula is C22H20FN3O4S. The molecule has 0 aromatic heterocycles. The number of benzene rings is 3. The van der Waals surface area contributed by atoms with E-state index < -0.39 is 38.6 Å². The molecule has 3 rings (SSSR count). The number of amides is 2. The molecule has 0 bridgehead atoms. The SMILES string of the molecule is NC(=O)c1ccc(NC(=O)C(Cc2ccccc2)NS(=O)(=O)c2ccccc2F)cc1. The van der Waals surface area contributed by atoms with Crippen molar-refractivity contribution in [2.24, 2.45) is 5.73 Å².